The molecule has 154 valence electrons. The maximum atomic E-state index is 13.9. The fourth-order valence-corrected chi connectivity index (χ4v) is 4.43. The molecule has 1 aliphatic rings. The zero-order valence-corrected chi connectivity index (χ0v) is 16.6. The van der Waals surface area contributed by atoms with E-state index in [9.17, 15) is 22.8 Å². The van der Waals surface area contributed by atoms with Gasteiger partial charge < -0.3 is 9.88 Å². The first-order valence-electron chi connectivity index (χ1n) is 9.06. The number of hydrogen-bond donors (Lipinski definition) is 1. The summed E-state index contributed by atoms with van der Waals surface area (Å²) in [6.45, 7) is 0. The van der Waals surface area contributed by atoms with Gasteiger partial charge in [0.1, 0.15) is 23.3 Å². The van der Waals surface area contributed by atoms with Crippen LogP contribution in [0, 0.1) is 17.5 Å². The maximum absolute atomic E-state index is 13.9. The number of nitrogens with one attached hydrogen (secondary N) is 1. The van der Waals surface area contributed by atoms with Gasteiger partial charge in [-0.25, -0.2) is 13.2 Å². The highest BCUT2D eigenvalue weighted by molar-refractivity contribution is 7.98. The highest BCUT2D eigenvalue weighted by atomic mass is 32.2. The quantitative estimate of drug-likeness (QED) is 0.502. The van der Waals surface area contributed by atoms with Crippen molar-refractivity contribution in [2.75, 3.05) is 5.32 Å². The van der Waals surface area contributed by atoms with E-state index in [1.54, 1.807) is 25.2 Å². The van der Waals surface area contributed by atoms with Gasteiger partial charge in [-0.1, -0.05) is 30.0 Å². The SMILES string of the molecule is Cn1c(SCc2ccccc2F)nc(=O)c2c1NC(=O)CC2c1cc(F)cc(F)c1. The van der Waals surface area contributed by atoms with Gasteiger partial charge in [-0.3, -0.25) is 9.59 Å². The van der Waals surface area contributed by atoms with Crippen LogP contribution in [0.2, 0.25) is 0 Å². The summed E-state index contributed by atoms with van der Waals surface area (Å²) in [5, 5.41) is 2.94. The second-order valence-electron chi connectivity index (χ2n) is 6.91. The maximum Gasteiger partial charge on any atom is 0.279 e. The van der Waals surface area contributed by atoms with Crippen molar-refractivity contribution < 1.29 is 18.0 Å². The lowest BCUT2D eigenvalue weighted by molar-refractivity contribution is -0.116. The van der Waals surface area contributed by atoms with Crippen molar-refractivity contribution in [2.24, 2.45) is 7.05 Å². The summed E-state index contributed by atoms with van der Waals surface area (Å²) < 4.78 is 42.9. The number of rotatable bonds is 4. The van der Waals surface area contributed by atoms with Crippen LogP contribution in [0.25, 0.3) is 0 Å². The van der Waals surface area contributed by atoms with E-state index in [4.69, 9.17) is 0 Å². The molecule has 0 saturated heterocycles. The second-order valence-corrected chi connectivity index (χ2v) is 7.85. The number of carbonyl (C=O) groups excluding carboxylic acids is 1. The van der Waals surface area contributed by atoms with Crippen molar-refractivity contribution in [3.05, 3.63) is 87.0 Å². The van der Waals surface area contributed by atoms with Crippen LogP contribution in [0.4, 0.5) is 19.0 Å². The normalized spacial score (nSPS) is 15.6. The molecule has 0 radical (unpaired) electrons. The molecule has 1 atom stereocenters. The minimum Gasteiger partial charge on any atom is -0.312 e. The second kappa shape index (κ2) is 7.98. The standard InChI is InChI=1S/C21H16F3N3O2S/c1-27-19-18(15(9-17(28)25-19)12-6-13(22)8-14(23)7-12)20(29)26-21(27)30-10-11-4-2-3-5-16(11)24/h2-8,15H,9-10H2,1H3,(H,25,28). The molecular formula is C21H16F3N3O2S. The number of carbonyl (C=O) groups is 1. The Labute approximate surface area is 174 Å². The van der Waals surface area contributed by atoms with Crippen LogP contribution < -0.4 is 10.9 Å². The van der Waals surface area contributed by atoms with E-state index in [0.717, 1.165) is 30.0 Å². The van der Waals surface area contributed by atoms with E-state index >= 15 is 0 Å². The summed E-state index contributed by atoms with van der Waals surface area (Å²) in [7, 11) is 1.61. The third kappa shape index (κ3) is 3.85. The number of fused-ring (bicyclic) bond motifs is 1. The van der Waals surface area contributed by atoms with Gasteiger partial charge >= 0.3 is 0 Å². The highest BCUT2D eigenvalue weighted by Crippen LogP contribution is 2.36. The van der Waals surface area contributed by atoms with Crippen molar-refractivity contribution >= 4 is 23.5 Å². The Morgan fingerprint density at radius 1 is 1.13 bits per heavy atom. The molecule has 0 aliphatic carbocycles. The summed E-state index contributed by atoms with van der Waals surface area (Å²) in [6, 6.07) is 9.22. The first kappa shape index (κ1) is 20.2. The summed E-state index contributed by atoms with van der Waals surface area (Å²) in [6.07, 6.45) is -0.130. The smallest absolute Gasteiger partial charge is 0.279 e. The Kier molecular flexibility index (Phi) is 5.38. The fraction of sp³-hybridized carbons (Fsp3) is 0.190. The number of halogens is 3. The van der Waals surface area contributed by atoms with Crippen LogP contribution in [0.1, 0.15) is 29.0 Å². The molecule has 0 spiro atoms. The van der Waals surface area contributed by atoms with Gasteiger partial charge in [-0.05, 0) is 29.3 Å². The molecule has 30 heavy (non-hydrogen) atoms. The lowest BCUT2D eigenvalue weighted by atomic mass is 9.86. The topological polar surface area (TPSA) is 64.0 Å². The molecule has 4 rings (SSSR count). The first-order chi connectivity index (χ1) is 14.3. The molecule has 1 aliphatic heterocycles. The van der Waals surface area contributed by atoms with Gasteiger partial charge in [0.25, 0.3) is 5.56 Å². The fourth-order valence-electron chi connectivity index (χ4n) is 3.48. The molecule has 2 heterocycles. The van der Waals surface area contributed by atoms with E-state index in [1.165, 1.54) is 10.6 Å². The van der Waals surface area contributed by atoms with Crippen molar-refractivity contribution in [3.8, 4) is 0 Å². The molecule has 1 aromatic heterocycles. The molecule has 9 heteroatoms. The number of anilines is 1. The number of benzene rings is 2. The van der Waals surface area contributed by atoms with Crippen molar-refractivity contribution in [1.82, 2.24) is 9.55 Å². The molecule has 0 fully saturated rings. The van der Waals surface area contributed by atoms with Crippen LogP contribution in [-0.4, -0.2) is 15.5 Å². The monoisotopic (exact) mass is 431 g/mol. The van der Waals surface area contributed by atoms with E-state index in [0.29, 0.717) is 5.56 Å². The molecule has 0 saturated carbocycles. The van der Waals surface area contributed by atoms with E-state index in [-0.39, 0.29) is 46.0 Å². The Hall–Kier alpha value is -3.07. The zero-order chi connectivity index (χ0) is 21.4. The summed E-state index contributed by atoms with van der Waals surface area (Å²) >= 11 is 1.15. The van der Waals surface area contributed by atoms with Gasteiger partial charge in [-0.2, -0.15) is 4.98 Å². The molecule has 1 N–H and O–H groups in total. The van der Waals surface area contributed by atoms with Crippen molar-refractivity contribution in [1.29, 1.82) is 0 Å². The first-order valence-corrected chi connectivity index (χ1v) is 10.0. The minimum absolute atomic E-state index is 0.130. The van der Waals surface area contributed by atoms with E-state index in [2.05, 4.69) is 10.3 Å². The molecule has 2 aromatic carbocycles. The largest absolute Gasteiger partial charge is 0.312 e. The van der Waals surface area contributed by atoms with Crippen LogP contribution in [-0.2, 0) is 17.6 Å². The molecule has 3 aromatic rings. The molecule has 0 bridgehead atoms. The number of amides is 1. The Morgan fingerprint density at radius 2 is 1.83 bits per heavy atom. The lowest BCUT2D eigenvalue weighted by Crippen LogP contribution is -2.33. The Balaban J connectivity index is 1.75. The molecular weight excluding hydrogens is 415 g/mol. The summed E-state index contributed by atoms with van der Waals surface area (Å²) in [5.41, 5.74) is 0.201. The Morgan fingerprint density at radius 3 is 2.53 bits per heavy atom. The highest BCUT2D eigenvalue weighted by Gasteiger charge is 2.32. The Bertz CT molecular complexity index is 1190. The van der Waals surface area contributed by atoms with Crippen molar-refractivity contribution in [3.63, 3.8) is 0 Å². The third-order valence-electron chi connectivity index (χ3n) is 4.90. The average Bonchev–Trinajstić information content (AvgIpc) is 2.69. The number of hydrogen-bond acceptors (Lipinski definition) is 4. The van der Waals surface area contributed by atoms with Crippen LogP contribution in [0.3, 0.4) is 0 Å². The molecule has 1 amide bonds. The van der Waals surface area contributed by atoms with Gasteiger partial charge in [0.15, 0.2) is 5.16 Å². The van der Waals surface area contributed by atoms with Gasteiger partial charge in [0, 0.05) is 31.2 Å². The molecule has 1 unspecified atom stereocenters. The number of aromatic nitrogens is 2. The van der Waals surface area contributed by atoms with Gasteiger partial charge in [-0.15, -0.1) is 0 Å². The number of thioether (sulfide) groups is 1. The summed E-state index contributed by atoms with van der Waals surface area (Å²) in [5.74, 6) is -2.71. The van der Waals surface area contributed by atoms with Gasteiger partial charge in [0.05, 0.1) is 5.56 Å². The van der Waals surface area contributed by atoms with Crippen molar-refractivity contribution in [2.45, 2.75) is 23.2 Å². The minimum atomic E-state index is -0.823. The predicted octanol–water partition coefficient (Wildman–Crippen LogP) is 3.96. The van der Waals surface area contributed by atoms with Crippen LogP contribution in [0.5, 0.6) is 0 Å². The zero-order valence-electron chi connectivity index (χ0n) is 15.8. The summed E-state index contributed by atoms with van der Waals surface area (Å²) in [4.78, 5) is 29.2. The van der Waals surface area contributed by atoms with Crippen LogP contribution in [0.15, 0.2) is 52.4 Å². The lowest BCUT2D eigenvalue weighted by Gasteiger charge is -2.27. The van der Waals surface area contributed by atoms with E-state index < -0.39 is 23.1 Å². The third-order valence-corrected chi connectivity index (χ3v) is 5.98. The average molecular weight is 431 g/mol. The van der Waals surface area contributed by atoms with E-state index in [1.807, 2.05) is 0 Å². The number of nitrogens with zero attached hydrogens (tertiary/aromatic N) is 2. The van der Waals surface area contributed by atoms with Gasteiger partial charge in [0.2, 0.25) is 5.91 Å². The molecule has 5 nitrogen and oxygen atoms in total. The van der Waals surface area contributed by atoms with Crippen LogP contribution >= 0.6 is 11.8 Å². The predicted molar refractivity (Wildman–Crippen MR) is 107 cm³/mol.